The van der Waals surface area contributed by atoms with Crippen LogP contribution in [0, 0.1) is 5.82 Å². The van der Waals surface area contributed by atoms with Crippen LogP contribution in [0.2, 0.25) is 0 Å². The van der Waals surface area contributed by atoms with Gasteiger partial charge in [0.1, 0.15) is 11.6 Å². The molecule has 0 fully saturated rings. The Morgan fingerprint density at radius 3 is 2.59 bits per heavy atom. The second-order valence-electron chi connectivity index (χ2n) is 4.52. The number of carbonyl (C=O) groups is 1. The molecule has 6 heteroatoms. The fraction of sp³-hybridized carbons (Fsp3) is 0.125. The number of rotatable bonds is 4. The second-order valence-corrected chi connectivity index (χ2v) is 5.44. The Kier molecular flexibility index (Phi) is 5.27. The average molecular weight is 365 g/mol. The van der Waals surface area contributed by atoms with Crippen LogP contribution < -0.4 is 5.43 Å². The molecule has 0 aliphatic heterocycles. The van der Waals surface area contributed by atoms with E-state index in [2.05, 4.69) is 26.5 Å². The Morgan fingerprint density at radius 1 is 1.27 bits per heavy atom. The van der Waals surface area contributed by atoms with E-state index < -0.39 is 5.82 Å². The van der Waals surface area contributed by atoms with E-state index in [-0.39, 0.29) is 17.2 Å². The van der Waals surface area contributed by atoms with E-state index in [0.29, 0.717) is 17.7 Å². The molecular formula is C16H14BrFN2O2. The lowest BCUT2D eigenvalue weighted by atomic mass is 10.1. The van der Waals surface area contributed by atoms with Crippen molar-refractivity contribution < 1.29 is 14.3 Å². The molecule has 0 spiro atoms. The molecule has 0 atom stereocenters. The number of hydrogen-bond acceptors (Lipinski definition) is 3. The Labute approximate surface area is 135 Å². The summed E-state index contributed by atoms with van der Waals surface area (Å²) >= 11 is 3.29. The summed E-state index contributed by atoms with van der Waals surface area (Å²) in [6.07, 6.45) is 0.428. The molecule has 2 rings (SSSR count). The highest BCUT2D eigenvalue weighted by atomic mass is 79.9. The third-order valence-corrected chi connectivity index (χ3v) is 3.53. The van der Waals surface area contributed by atoms with E-state index in [1.54, 1.807) is 31.2 Å². The molecule has 1 amide bonds. The lowest BCUT2D eigenvalue weighted by molar-refractivity contribution is 0.0954. The van der Waals surface area contributed by atoms with Gasteiger partial charge in [-0.2, -0.15) is 5.10 Å². The third kappa shape index (κ3) is 3.92. The zero-order chi connectivity index (χ0) is 16.1. The third-order valence-electron chi connectivity index (χ3n) is 3.00. The van der Waals surface area contributed by atoms with Crippen LogP contribution in [-0.2, 0) is 0 Å². The first kappa shape index (κ1) is 16.2. The fourth-order valence-electron chi connectivity index (χ4n) is 1.85. The fourth-order valence-corrected chi connectivity index (χ4v) is 2.12. The molecule has 4 nitrogen and oxygen atoms in total. The van der Waals surface area contributed by atoms with E-state index in [4.69, 9.17) is 0 Å². The monoisotopic (exact) mass is 364 g/mol. The van der Waals surface area contributed by atoms with Gasteiger partial charge in [0.05, 0.1) is 5.71 Å². The van der Waals surface area contributed by atoms with E-state index in [0.717, 1.165) is 10.5 Å². The largest absolute Gasteiger partial charge is 0.507 e. The van der Waals surface area contributed by atoms with Crippen molar-refractivity contribution in [1.29, 1.82) is 0 Å². The maximum atomic E-state index is 13.3. The molecule has 2 N–H and O–H groups in total. The van der Waals surface area contributed by atoms with Gasteiger partial charge in [0.25, 0.3) is 5.91 Å². The van der Waals surface area contributed by atoms with Crippen molar-refractivity contribution in [3.8, 4) is 5.75 Å². The van der Waals surface area contributed by atoms with Crippen molar-refractivity contribution in [2.45, 2.75) is 13.3 Å². The predicted octanol–water partition coefficient (Wildman–Crippen LogP) is 3.84. The van der Waals surface area contributed by atoms with Gasteiger partial charge in [-0.05, 0) is 48.9 Å². The van der Waals surface area contributed by atoms with Crippen LogP contribution in [0.5, 0.6) is 5.75 Å². The number of hydrazone groups is 1. The number of hydrogen-bond donors (Lipinski definition) is 2. The molecule has 0 heterocycles. The molecule has 22 heavy (non-hydrogen) atoms. The molecule has 0 saturated carbocycles. The van der Waals surface area contributed by atoms with Crippen molar-refractivity contribution in [2.75, 3.05) is 0 Å². The van der Waals surface area contributed by atoms with Crippen molar-refractivity contribution in [1.82, 2.24) is 5.43 Å². The molecule has 2 aromatic rings. The number of nitrogens with one attached hydrogen (secondary N) is 1. The van der Waals surface area contributed by atoms with Gasteiger partial charge >= 0.3 is 0 Å². The SMILES string of the molecule is CCC(=NNC(=O)c1ccc(Br)cc1)c1cc(F)ccc1O. The van der Waals surface area contributed by atoms with Gasteiger partial charge in [0.2, 0.25) is 0 Å². The molecule has 114 valence electrons. The van der Waals surface area contributed by atoms with Crippen LogP contribution in [-0.4, -0.2) is 16.7 Å². The molecule has 0 saturated heterocycles. The van der Waals surface area contributed by atoms with Crippen LogP contribution in [0.3, 0.4) is 0 Å². The molecule has 0 aliphatic rings. The van der Waals surface area contributed by atoms with Gasteiger partial charge < -0.3 is 5.11 Å². The molecule has 0 bridgehead atoms. The Balaban J connectivity index is 2.20. The van der Waals surface area contributed by atoms with Crippen molar-refractivity contribution >= 4 is 27.5 Å². The van der Waals surface area contributed by atoms with E-state index in [1.165, 1.54) is 12.1 Å². The average Bonchev–Trinajstić information content (AvgIpc) is 2.51. The quantitative estimate of drug-likeness (QED) is 0.639. The zero-order valence-corrected chi connectivity index (χ0v) is 13.4. The molecule has 2 aromatic carbocycles. The number of halogens is 2. The summed E-state index contributed by atoms with van der Waals surface area (Å²) in [5, 5.41) is 13.8. The lowest BCUT2D eigenvalue weighted by Crippen LogP contribution is -2.20. The summed E-state index contributed by atoms with van der Waals surface area (Å²) in [4.78, 5) is 12.0. The van der Waals surface area contributed by atoms with Crippen LogP contribution in [0.25, 0.3) is 0 Å². The normalized spacial score (nSPS) is 11.3. The molecule has 0 aromatic heterocycles. The molecule has 0 unspecified atom stereocenters. The van der Waals surface area contributed by atoms with E-state index in [1.807, 2.05) is 0 Å². The highest BCUT2D eigenvalue weighted by Gasteiger charge is 2.10. The maximum absolute atomic E-state index is 13.3. The Hall–Kier alpha value is -2.21. The first-order valence-corrected chi connectivity index (χ1v) is 7.42. The van der Waals surface area contributed by atoms with Gasteiger partial charge in [-0.3, -0.25) is 4.79 Å². The Bertz CT molecular complexity index is 715. The first-order valence-electron chi connectivity index (χ1n) is 6.62. The van der Waals surface area contributed by atoms with Crippen LogP contribution >= 0.6 is 15.9 Å². The lowest BCUT2D eigenvalue weighted by Gasteiger charge is -2.07. The number of amides is 1. The number of phenolic OH excluding ortho intramolecular Hbond substituents is 1. The number of benzene rings is 2. The number of nitrogens with zero attached hydrogens (tertiary/aromatic N) is 1. The minimum Gasteiger partial charge on any atom is -0.507 e. The summed E-state index contributed by atoms with van der Waals surface area (Å²) in [6, 6.07) is 10.4. The van der Waals surface area contributed by atoms with Crippen molar-refractivity contribution in [2.24, 2.45) is 5.10 Å². The Morgan fingerprint density at radius 2 is 1.95 bits per heavy atom. The smallest absolute Gasteiger partial charge is 0.271 e. The number of aromatic hydroxyl groups is 1. The van der Waals surface area contributed by atoms with E-state index in [9.17, 15) is 14.3 Å². The van der Waals surface area contributed by atoms with Crippen LogP contribution in [0.15, 0.2) is 52.0 Å². The van der Waals surface area contributed by atoms with Crippen molar-refractivity contribution in [3.05, 3.63) is 63.9 Å². The maximum Gasteiger partial charge on any atom is 0.271 e. The zero-order valence-electron chi connectivity index (χ0n) is 11.8. The van der Waals surface area contributed by atoms with Gasteiger partial charge in [0.15, 0.2) is 0 Å². The van der Waals surface area contributed by atoms with Gasteiger partial charge in [0, 0.05) is 15.6 Å². The highest BCUT2D eigenvalue weighted by Crippen LogP contribution is 2.20. The van der Waals surface area contributed by atoms with Crippen LogP contribution in [0.4, 0.5) is 4.39 Å². The highest BCUT2D eigenvalue weighted by molar-refractivity contribution is 9.10. The molecular weight excluding hydrogens is 351 g/mol. The second kappa shape index (κ2) is 7.17. The standard InChI is InChI=1S/C16H14BrFN2O2/c1-2-14(13-9-12(18)7-8-15(13)21)19-20-16(22)10-3-5-11(17)6-4-10/h3-9,21H,2H2,1H3,(H,20,22). The summed E-state index contributed by atoms with van der Waals surface area (Å²) < 4.78 is 14.2. The minimum atomic E-state index is -0.479. The molecule has 0 aliphatic carbocycles. The topological polar surface area (TPSA) is 61.7 Å². The first-order chi connectivity index (χ1) is 10.5. The predicted molar refractivity (Wildman–Crippen MR) is 86.5 cm³/mol. The van der Waals surface area contributed by atoms with Crippen molar-refractivity contribution in [3.63, 3.8) is 0 Å². The number of carbonyl (C=O) groups excluding carboxylic acids is 1. The van der Waals surface area contributed by atoms with Gasteiger partial charge in [-0.15, -0.1) is 0 Å². The van der Waals surface area contributed by atoms with Gasteiger partial charge in [-0.25, -0.2) is 9.82 Å². The summed E-state index contributed by atoms with van der Waals surface area (Å²) in [7, 11) is 0. The molecule has 0 radical (unpaired) electrons. The van der Waals surface area contributed by atoms with Crippen LogP contribution in [0.1, 0.15) is 29.3 Å². The number of phenols is 1. The summed E-state index contributed by atoms with van der Waals surface area (Å²) in [5.74, 6) is -0.942. The van der Waals surface area contributed by atoms with Gasteiger partial charge in [-0.1, -0.05) is 22.9 Å². The summed E-state index contributed by atoms with van der Waals surface area (Å²) in [5.41, 5.74) is 3.52. The van der Waals surface area contributed by atoms with E-state index >= 15 is 0 Å². The minimum absolute atomic E-state index is 0.0834. The summed E-state index contributed by atoms with van der Waals surface area (Å²) in [6.45, 7) is 1.80.